The van der Waals surface area contributed by atoms with Crippen molar-refractivity contribution in [3.05, 3.63) is 46.4 Å². The van der Waals surface area contributed by atoms with Crippen LogP contribution >= 0.6 is 0 Å². The van der Waals surface area contributed by atoms with Gasteiger partial charge >= 0.3 is 11.9 Å². The van der Waals surface area contributed by atoms with E-state index in [1.165, 1.54) is 0 Å². The van der Waals surface area contributed by atoms with Gasteiger partial charge < -0.3 is 19.0 Å². The van der Waals surface area contributed by atoms with Gasteiger partial charge in [0.05, 0.1) is 12.4 Å². The lowest BCUT2D eigenvalue weighted by Crippen LogP contribution is -2.54. The van der Waals surface area contributed by atoms with E-state index in [-0.39, 0.29) is 11.8 Å². The second kappa shape index (κ2) is 8.65. The molecule has 31 heavy (non-hydrogen) atoms. The average molecular weight is 431 g/mol. The molecule has 0 aromatic carbocycles. The number of furan rings is 1. The first kappa shape index (κ1) is 23.3. The summed E-state index contributed by atoms with van der Waals surface area (Å²) in [4.78, 5) is 25.5. The molecule has 6 nitrogen and oxygen atoms in total. The number of allylic oxidation sites excluding steroid dienone is 2. The Morgan fingerprint density at radius 2 is 1.71 bits per heavy atom. The van der Waals surface area contributed by atoms with Gasteiger partial charge in [-0.25, -0.2) is 9.59 Å². The Bertz CT molecular complexity index is 922. The molecule has 6 heteroatoms. The maximum atomic E-state index is 12.8. The van der Waals surface area contributed by atoms with Crippen LogP contribution < -0.4 is 0 Å². The number of hydrogen-bond acceptors (Lipinski definition) is 6. The fraction of sp³-hybridized carbons (Fsp3) is 0.600. The minimum absolute atomic E-state index is 0.165. The zero-order valence-corrected chi connectivity index (χ0v) is 19.5. The van der Waals surface area contributed by atoms with Crippen LogP contribution in [0.5, 0.6) is 0 Å². The molecule has 0 bridgehead atoms. The molecule has 2 aliphatic rings. The van der Waals surface area contributed by atoms with E-state index in [1.807, 2.05) is 20.8 Å². The van der Waals surface area contributed by atoms with Gasteiger partial charge in [-0.2, -0.15) is 0 Å². The summed E-state index contributed by atoms with van der Waals surface area (Å²) < 4.78 is 18.0. The van der Waals surface area contributed by atoms with E-state index in [4.69, 9.17) is 13.9 Å². The molecule has 2 aliphatic carbocycles. The number of carbonyl (C=O) groups is 2. The summed E-state index contributed by atoms with van der Waals surface area (Å²) in [5, 5.41) is 10.8. The Kier molecular flexibility index (Phi) is 6.51. The first-order valence-electron chi connectivity index (χ1n) is 11.0. The Morgan fingerprint density at radius 3 is 2.29 bits per heavy atom. The van der Waals surface area contributed by atoms with Gasteiger partial charge in [-0.15, -0.1) is 0 Å². The predicted octanol–water partition coefficient (Wildman–Crippen LogP) is 5.12. The number of hydrogen-bond donors (Lipinski definition) is 1. The third-order valence-corrected chi connectivity index (χ3v) is 7.60. The molecule has 1 N–H and O–H groups in total. The van der Waals surface area contributed by atoms with E-state index >= 15 is 0 Å². The Balaban J connectivity index is 2.16. The zero-order chi connectivity index (χ0) is 23.1. The van der Waals surface area contributed by atoms with Crippen LogP contribution in [0.4, 0.5) is 0 Å². The maximum absolute atomic E-state index is 12.8. The van der Waals surface area contributed by atoms with Crippen molar-refractivity contribution >= 4 is 11.9 Å². The molecule has 0 unspecified atom stereocenters. The number of esters is 2. The number of aliphatic hydroxyl groups excluding tert-OH is 1. The van der Waals surface area contributed by atoms with Gasteiger partial charge in [0.25, 0.3) is 0 Å². The fourth-order valence-electron chi connectivity index (χ4n) is 5.06. The van der Waals surface area contributed by atoms with Gasteiger partial charge in [0.1, 0.15) is 6.10 Å². The first-order chi connectivity index (χ1) is 14.6. The number of carbonyl (C=O) groups excluding carboxylic acids is 2. The molecule has 1 aromatic heterocycles. The van der Waals surface area contributed by atoms with Gasteiger partial charge in [0.2, 0.25) is 0 Å². The molecule has 170 valence electrons. The van der Waals surface area contributed by atoms with Gasteiger partial charge in [-0.1, -0.05) is 26.0 Å². The molecule has 1 saturated carbocycles. The summed E-state index contributed by atoms with van der Waals surface area (Å²) in [6.07, 6.45) is 4.52. The Labute approximate surface area is 184 Å². The summed E-state index contributed by atoms with van der Waals surface area (Å²) in [5.74, 6) is -0.597. The molecule has 0 amide bonds. The van der Waals surface area contributed by atoms with Crippen LogP contribution in [-0.2, 0) is 19.1 Å². The smallest absolute Gasteiger partial charge is 0.334 e. The monoisotopic (exact) mass is 430 g/mol. The van der Waals surface area contributed by atoms with Gasteiger partial charge in [-0.3, -0.25) is 0 Å². The van der Waals surface area contributed by atoms with E-state index < -0.39 is 35.7 Å². The quantitative estimate of drug-likeness (QED) is 0.527. The zero-order valence-electron chi connectivity index (χ0n) is 19.5. The molecule has 0 radical (unpaired) electrons. The number of aliphatic hydroxyl groups is 1. The number of ether oxygens (including phenoxy) is 2. The first-order valence-corrected chi connectivity index (χ1v) is 11.0. The molecular formula is C25H34O6. The average Bonchev–Trinajstić information content (AvgIpc) is 3.13. The molecule has 1 fully saturated rings. The number of fused-ring (bicyclic) bond motifs is 2. The third kappa shape index (κ3) is 3.75. The van der Waals surface area contributed by atoms with Crippen molar-refractivity contribution in [3.8, 4) is 0 Å². The van der Waals surface area contributed by atoms with Gasteiger partial charge in [0, 0.05) is 28.0 Å². The predicted molar refractivity (Wildman–Crippen MR) is 116 cm³/mol. The molecule has 0 saturated heterocycles. The van der Waals surface area contributed by atoms with Crippen molar-refractivity contribution in [1.29, 1.82) is 0 Å². The standard InChI is InChI=1S/C25H34O6/c1-8-13(3)23(27)30-20-17-10-11-18(26)16(6)25(17,7)22(31-24(28)14(4)9-2)19-15(5)12-29-21(19)20/h8-9,12,16-18,20,22,26H,10-11H2,1-7H3/t16-,17-,18-,20-,22+,25+/m1/s1. The van der Waals surface area contributed by atoms with E-state index in [9.17, 15) is 14.7 Å². The summed E-state index contributed by atoms with van der Waals surface area (Å²) in [5.41, 5.74) is 1.98. The highest BCUT2D eigenvalue weighted by molar-refractivity contribution is 5.88. The van der Waals surface area contributed by atoms with Crippen LogP contribution in [0.25, 0.3) is 0 Å². The van der Waals surface area contributed by atoms with Crippen LogP contribution in [-0.4, -0.2) is 23.1 Å². The topological polar surface area (TPSA) is 86.0 Å². The van der Waals surface area contributed by atoms with Crippen LogP contribution in [0, 0.1) is 24.2 Å². The molecule has 6 atom stereocenters. The Hall–Kier alpha value is -2.34. The largest absolute Gasteiger partial charge is 0.465 e. The number of aryl methyl sites for hydroxylation is 1. The van der Waals surface area contributed by atoms with Crippen molar-refractivity contribution in [2.24, 2.45) is 17.3 Å². The third-order valence-electron chi connectivity index (χ3n) is 7.60. The normalized spacial score (nSPS) is 33.4. The molecular weight excluding hydrogens is 396 g/mol. The van der Waals surface area contributed by atoms with Crippen molar-refractivity contribution in [2.75, 3.05) is 0 Å². The summed E-state index contributed by atoms with van der Waals surface area (Å²) >= 11 is 0. The van der Waals surface area contributed by atoms with Crippen molar-refractivity contribution in [3.63, 3.8) is 0 Å². The molecule has 0 aliphatic heterocycles. The molecule has 0 spiro atoms. The second-order valence-corrected chi connectivity index (χ2v) is 9.16. The lowest BCUT2D eigenvalue weighted by molar-refractivity contribution is -0.199. The van der Waals surface area contributed by atoms with Crippen molar-refractivity contribution < 1.29 is 28.6 Å². The lowest BCUT2D eigenvalue weighted by Gasteiger charge is -2.55. The fourth-order valence-corrected chi connectivity index (χ4v) is 5.06. The van der Waals surface area contributed by atoms with Gasteiger partial charge in [0.15, 0.2) is 11.9 Å². The highest BCUT2D eigenvalue weighted by Gasteiger charge is 2.61. The summed E-state index contributed by atoms with van der Waals surface area (Å²) in [6.45, 7) is 12.9. The second-order valence-electron chi connectivity index (χ2n) is 9.16. The molecule has 1 heterocycles. The van der Waals surface area contributed by atoms with E-state index in [0.717, 1.165) is 11.1 Å². The van der Waals surface area contributed by atoms with Crippen LogP contribution in [0.3, 0.4) is 0 Å². The summed E-state index contributed by atoms with van der Waals surface area (Å²) in [7, 11) is 0. The van der Waals surface area contributed by atoms with E-state index in [0.29, 0.717) is 29.7 Å². The van der Waals surface area contributed by atoms with Crippen LogP contribution in [0.15, 0.2) is 34.0 Å². The minimum atomic E-state index is -0.641. The summed E-state index contributed by atoms with van der Waals surface area (Å²) in [6, 6.07) is 0. The SMILES string of the molecule is CC=C(C)C(=O)O[C@H]1c2occ(C)c2[C@H](OC(=O)C(C)=CC)[C@@]2(C)[C@H](C)[C@H](O)CC[C@H]12. The lowest BCUT2D eigenvalue weighted by atomic mass is 9.52. The minimum Gasteiger partial charge on any atom is -0.465 e. The highest BCUT2D eigenvalue weighted by atomic mass is 16.6. The van der Waals surface area contributed by atoms with Gasteiger partial charge in [-0.05, 0) is 58.9 Å². The van der Waals surface area contributed by atoms with Crippen molar-refractivity contribution in [2.45, 2.75) is 79.6 Å². The molecule has 1 aromatic rings. The van der Waals surface area contributed by atoms with E-state index in [1.54, 1.807) is 46.1 Å². The maximum Gasteiger partial charge on any atom is 0.334 e. The molecule has 3 rings (SSSR count). The Morgan fingerprint density at radius 1 is 1.13 bits per heavy atom. The van der Waals surface area contributed by atoms with Crippen LogP contribution in [0.1, 0.15) is 83.5 Å². The van der Waals surface area contributed by atoms with E-state index in [2.05, 4.69) is 0 Å². The number of rotatable bonds is 4. The highest BCUT2D eigenvalue weighted by Crippen LogP contribution is 2.63. The van der Waals surface area contributed by atoms with Crippen molar-refractivity contribution in [1.82, 2.24) is 0 Å². The van der Waals surface area contributed by atoms with Crippen LogP contribution in [0.2, 0.25) is 0 Å².